The van der Waals surface area contributed by atoms with E-state index < -0.39 is 0 Å². The summed E-state index contributed by atoms with van der Waals surface area (Å²) < 4.78 is 17.5. The minimum Gasteiger partial charge on any atom is -0.493 e. The third kappa shape index (κ3) is 2.86. The molecule has 1 amide bonds. The molecule has 1 aliphatic rings. The van der Waals surface area contributed by atoms with Crippen molar-refractivity contribution in [2.24, 2.45) is 0 Å². The van der Waals surface area contributed by atoms with Crippen molar-refractivity contribution in [2.45, 2.75) is 18.9 Å². The summed E-state index contributed by atoms with van der Waals surface area (Å²) in [5.74, 6) is 1.42. The molecular weight excluding hydrogens is 392 g/mol. The lowest BCUT2D eigenvalue weighted by molar-refractivity contribution is -0.128. The van der Waals surface area contributed by atoms with Crippen molar-refractivity contribution in [3.05, 3.63) is 72.1 Å². The van der Waals surface area contributed by atoms with E-state index in [1.54, 1.807) is 7.11 Å². The van der Waals surface area contributed by atoms with Crippen LogP contribution in [0, 0.1) is 0 Å². The van der Waals surface area contributed by atoms with Gasteiger partial charge in [-0.3, -0.25) is 4.79 Å². The number of aromatic nitrogens is 1. The highest BCUT2D eigenvalue weighted by Gasteiger charge is 2.33. The first-order valence-corrected chi connectivity index (χ1v) is 10.3. The minimum absolute atomic E-state index is 0.0614. The van der Waals surface area contributed by atoms with Crippen LogP contribution in [0.5, 0.6) is 5.75 Å². The van der Waals surface area contributed by atoms with Gasteiger partial charge in [0.25, 0.3) is 0 Å². The van der Waals surface area contributed by atoms with Gasteiger partial charge in [-0.25, -0.2) is 4.98 Å². The molecular formula is C25H20N2O4. The van der Waals surface area contributed by atoms with Crippen molar-refractivity contribution in [1.29, 1.82) is 0 Å². The van der Waals surface area contributed by atoms with E-state index in [2.05, 4.69) is 17.1 Å². The van der Waals surface area contributed by atoms with Crippen LogP contribution in [0.25, 0.3) is 33.0 Å². The number of methoxy groups -OCH3 is 1. The molecule has 2 aromatic heterocycles. The first-order chi connectivity index (χ1) is 15.2. The Hall–Kier alpha value is -3.80. The van der Waals surface area contributed by atoms with E-state index in [4.69, 9.17) is 13.6 Å². The average molecular weight is 412 g/mol. The lowest BCUT2D eigenvalue weighted by Gasteiger charge is -2.15. The van der Waals surface area contributed by atoms with Crippen LogP contribution < -0.4 is 4.74 Å². The third-order valence-electron chi connectivity index (χ3n) is 6.06. The molecule has 6 heteroatoms. The molecule has 5 aromatic rings. The Bertz CT molecular complexity index is 1420. The van der Waals surface area contributed by atoms with Crippen LogP contribution >= 0.6 is 0 Å². The number of likely N-dealkylation sites (tertiary alicyclic amines) is 1. The number of ether oxygens (including phenoxy) is 1. The van der Waals surface area contributed by atoms with E-state index in [0.29, 0.717) is 31.2 Å². The summed E-state index contributed by atoms with van der Waals surface area (Å²) in [6.45, 7) is 0.980. The fraction of sp³-hybridized carbons (Fsp3) is 0.200. The molecule has 3 heterocycles. The van der Waals surface area contributed by atoms with Gasteiger partial charge in [0.2, 0.25) is 11.8 Å². The molecule has 6 rings (SSSR count). The summed E-state index contributed by atoms with van der Waals surface area (Å²) in [4.78, 5) is 19.2. The molecule has 0 radical (unpaired) electrons. The standard InChI is InChI=1S/C25H20N2O4/c1-29-21-11-10-16(24-17-6-2-4-8-19(17)31-25(21)24)15-12-23(28)27(13-15)14-22-26-18-7-3-5-9-20(18)30-22/h2-11,15H,12-14H2,1H3. The number of oxazole rings is 1. The number of fused-ring (bicyclic) bond motifs is 4. The van der Waals surface area contributed by atoms with Crippen LogP contribution in [-0.2, 0) is 11.3 Å². The molecule has 0 saturated carbocycles. The molecule has 3 aromatic carbocycles. The second-order valence-corrected chi connectivity index (χ2v) is 7.91. The number of nitrogens with zero attached hydrogens (tertiary/aromatic N) is 2. The van der Waals surface area contributed by atoms with Gasteiger partial charge in [-0.1, -0.05) is 36.4 Å². The van der Waals surface area contributed by atoms with E-state index in [-0.39, 0.29) is 11.8 Å². The van der Waals surface area contributed by atoms with Crippen molar-refractivity contribution >= 4 is 38.9 Å². The monoisotopic (exact) mass is 412 g/mol. The van der Waals surface area contributed by atoms with Gasteiger partial charge >= 0.3 is 0 Å². The van der Waals surface area contributed by atoms with Crippen LogP contribution in [0.15, 0.2) is 69.5 Å². The average Bonchev–Trinajstić information content (AvgIpc) is 3.48. The first-order valence-electron chi connectivity index (χ1n) is 10.3. The topological polar surface area (TPSA) is 68.7 Å². The Kier molecular flexibility index (Phi) is 3.99. The predicted octanol–water partition coefficient (Wildman–Crippen LogP) is 5.25. The lowest BCUT2D eigenvalue weighted by Crippen LogP contribution is -2.24. The van der Waals surface area contributed by atoms with Gasteiger partial charge in [-0.05, 0) is 29.8 Å². The summed E-state index contributed by atoms with van der Waals surface area (Å²) in [6.07, 6.45) is 0.446. The highest BCUT2D eigenvalue weighted by atomic mass is 16.5. The molecule has 1 unspecified atom stereocenters. The summed E-state index contributed by atoms with van der Waals surface area (Å²) >= 11 is 0. The van der Waals surface area contributed by atoms with E-state index in [0.717, 1.165) is 38.6 Å². The minimum atomic E-state index is 0.0614. The molecule has 6 nitrogen and oxygen atoms in total. The van der Waals surface area contributed by atoms with Gasteiger partial charge in [0, 0.05) is 29.7 Å². The van der Waals surface area contributed by atoms with Crippen LogP contribution in [0.2, 0.25) is 0 Å². The Labute approximate surface area is 178 Å². The Morgan fingerprint density at radius 1 is 1.03 bits per heavy atom. The predicted molar refractivity (Wildman–Crippen MR) is 117 cm³/mol. The molecule has 0 spiro atoms. The summed E-state index contributed by atoms with van der Waals surface area (Å²) in [6, 6.07) is 19.6. The number of carbonyl (C=O) groups is 1. The van der Waals surface area contributed by atoms with E-state index >= 15 is 0 Å². The molecule has 1 aliphatic heterocycles. The fourth-order valence-electron chi connectivity index (χ4n) is 4.62. The van der Waals surface area contributed by atoms with Crippen LogP contribution in [0.4, 0.5) is 0 Å². The van der Waals surface area contributed by atoms with E-state index in [9.17, 15) is 4.79 Å². The van der Waals surface area contributed by atoms with Crippen molar-refractivity contribution in [3.63, 3.8) is 0 Å². The molecule has 0 aliphatic carbocycles. The zero-order valence-corrected chi connectivity index (χ0v) is 17.0. The molecule has 31 heavy (non-hydrogen) atoms. The van der Waals surface area contributed by atoms with Gasteiger partial charge in [0.1, 0.15) is 11.1 Å². The number of carbonyl (C=O) groups excluding carboxylic acids is 1. The Balaban J connectivity index is 1.36. The van der Waals surface area contributed by atoms with Gasteiger partial charge < -0.3 is 18.5 Å². The van der Waals surface area contributed by atoms with Crippen LogP contribution in [0.1, 0.15) is 23.8 Å². The number of para-hydroxylation sites is 3. The SMILES string of the molecule is COc1ccc(C2CC(=O)N(Cc3nc4ccccc4o3)C2)c2c1oc1ccccc12. The van der Waals surface area contributed by atoms with Gasteiger partial charge in [0.05, 0.1) is 13.7 Å². The largest absolute Gasteiger partial charge is 0.493 e. The number of rotatable bonds is 4. The second kappa shape index (κ2) is 6.87. The smallest absolute Gasteiger partial charge is 0.223 e. The first kappa shape index (κ1) is 18.0. The van der Waals surface area contributed by atoms with Crippen molar-refractivity contribution in [1.82, 2.24) is 9.88 Å². The van der Waals surface area contributed by atoms with Crippen molar-refractivity contribution < 1.29 is 18.4 Å². The Morgan fingerprint density at radius 3 is 2.68 bits per heavy atom. The summed E-state index contributed by atoms with van der Waals surface area (Å²) in [5, 5.41) is 2.06. The zero-order valence-electron chi connectivity index (χ0n) is 17.0. The number of amides is 1. The molecule has 0 bridgehead atoms. The lowest BCUT2D eigenvalue weighted by atomic mass is 9.93. The maximum atomic E-state index is 12.8. The maximum Gasteiger partial charge on any atom is 0.223 e. The number of furan rings is 1. The maximum absolute atomic E-state index is 12.8. The third-order valence-corrected chi connectivity index (χ3v) is 6.06. The molecule has 1 saturated heterocycles. The van der Waals surface area contributed by atoms with Gasteiger partial charge in [-0.2, -0.15) is 0 Å². The van der Waals surface area contributed by atoms with E-state index in [1.807, 2.05) is 53.4 Å². The quantitative estimate of drug-likeness (QED) is 0.403. The van der Waals surface area contributed by atoms with Gasteiger partial charge in [-0.15, -0.1) is 0 Å². The fourth-order valence-corrected chi connectivity index (χ4v) is 4.62. The zero-order chi connectivity index (χ0) is 20.9. The summed E-state index contributed by atoms with van der Waals surface area (Å²) in [7, 11) is 1.64. The summed E-state index contributed by atoms with van der Waals surface area (Å²) in [5.41, 5.74) is 4.20. The normalized spacial score (nSPS) is 16.7. The number of hydrogen-bond acceptors (Lipinski definition) is 5. The van der Waals surface area contributed by atoms with Crippen LogP contribution in [-0.4, -0.2) is 29.4 Å². The molecule has 0 N–H and O–H groups in total. The molecule has 1 fully saturated rings. The van der Waals surface area contributed by atoms with Crippen molar-refractivity contribution in [3.8, 4) is 5.75 Å². The van der Waals surface area contributed by atoms with Gasteiger partial charge in [0.15, 0.2) is 16.9 Å². The second-order valence-electron chi connectivity index (χ2n) is 7.91. The van der Waals surface area contributed by atoms with Crippen LogP contribution in [0.3, 0.4) is 0 Å². The Morgan fingerprint density at radius 2 is 1.84 bits per heavy atom. The molecule has 154 valence electrons. The number of benzene rings is 3. The molecule has 1 atom stereocenters. The highest BCUT2D eigenvalue weighted by Crippen LogP contribution is 2.42. The van der Waals surface area contributed by atoms with Crippen molar-refractivity contribution in [2.75, 3.05) is 13.7 Å². The highest BCUT2D eigenvalue weighted by molar-refractivity contribution is 6.09. The number of hydrogen-bond donors (Lipinski definition) is 0. The van der Waals surface area contributed by atoms with E-state index in [1.165, 1.54) is 0 Å².